The molecule has 1 N–H and O–H groups in total. The van der Waals surface area contributed by atoms with Crippen molar-refractivity contribution in [3.8, 4) is 0 Å². The number of nitrogens with one attached hydrogen (secondary N) is 1. The van der Waals surface area contributed by atoms with E-state index in [9.17, 15) is 0 Å². The van der Waals surface area contributed by atoms with Crippen LogP contribution in [0.4, 0.5) is 0 Å². The Labute approximate surface area is 97.9 Å². The van der Waals surface area contributed by atoms with Gasteiger partial charge in [0.15, 0.2) is 0 Å². The van der Waals surface area contributed by atoms with E-state index in [2.05, 4.69) is 52.4 Å². The summed E-state index contributed by atoms with van der Waals surface area (Å²) >= 11 is 0. The van der Waals surface area contributed by atoms with Gasteiger partial charge < -0.3 is 4.98 Å². The number of hydrogen-bond acceptors (Lipinski definition) is 1. The summed E-state index contributed by atoms with van der Waals surface area (Å²) in [7, 11) is 2.16. The van der Waals surface area contributed by atoms with Gasteiger partial charge in [0.25, 0.3) is 0 Å². The zero-order valence-electron chi connectivity index (χ0n) is 11.0. The normalized spacial score (nSPS) is 11.6. The minimum Gasteiger partial charge on any atom is -0.343 e. The predicted molar refractivity (Wildman–Crippen MR) is 72.6 cm³/mol. The Morgan fingerprint density at radius 3 is 2.38 bits per heavy atom. The molecule has 0 unspecified atom stereocenters. The smallest absolute Gasteiger partial charge is 0.142 e. The van der Waals surface area contributed by atoms with E-state index in [1.807, 2.05) is 0 Å². The number of aryl methyl sites for hydroxylation is 3. The Hall–Kier alpha value is -1.25. The van der Waals surface area contributed by atoms with Gasteiger partial charge in [0, 0.05) is 16.8 Å². The fraction of sp³-hybridized carbons (Fsp3) is 0.462. The van der Waals surface area contributed by atoms with Crippen molar-refractivity contribution >= 4 is 24.3 Å². The van der Waals surface area contributed by atoms with E-state index in [0.717, 1.165) is 11.3 Å². The monoisotopic (exact) mass is 214 g/mol. The molecule has 0 saturated carbocycles. The highest BCUT2D eigenvalue weighted by molar-refractivity contribution is 6.35. The Bertz CT molecular complexity index is 553. The first kappa shape index (κ1) is 11.2. The summed E-state index contributed by atoms with van der Waals surface area (Å²) in [6, 6.07) is 0. The molecule has 2 nitrogen and oxygen atoms in total. The molecule has 16 heavy (non-hydrogen) atoms. The first-order chi connectivity index (χ1) is 7.43. The Morgan fingerprint density at radius 2 is 1.81 bits per heavy atom. The summed E-state index contributed by atoms with van der Waals surface area (Å²) in [4.78, 5) is 8.05. The van der Waals surface area contributed by atoms with Gasteiger partial charge in [-0.15, -0.1) is 0 Å². The molecule has 0 aliphatic carbocycles. The molecular weight excluding hydrogens is 195 g/mol. The second-order valence-electron chi connectivity index (χ2n) is 4.99. The second kappa shape index (κ2) is 3.65. The fourth-order valence-corrected chi connectivity index (χ4v) is 2.52. The number of rotatable bonds is 1. The van der Waals surface area contributed by atoms with E-state index >= 15 is 0 Å². The van der Waals surface area contributed by atoms with Crippen LogP contribution in [0.1, 0.15) is 42.3 Å². The van der Waals surface area contributed by atoms with Crippen LogP contribution in [-0.2, 0) is 0 Å². The maximum Gasteiger partial charge on any atom is 0.142 e. The molecular formula is C13H19BN2. The summed E-state index contributed by atoms with van der Waals surface area (Å²) in [6.07, 6.45) is 0. The van der Waals surface area contributed by atoms with Crippen LogP contribution >= 0.6 is 0 Å². The van der Waals surface area contributed by atoms with Crippen LogP contribution in [0.2, 0.25) is 0 Å². The lowest BCUT2D eigenvalue weighted by atomic mass is 9.86. The highest BCUT2D eigenvalue weighted by atomic mass is 14.9. The number of H-pyrrole nitrogens is 1. The molecule has 0 atom stereocenters. The quantitative estimate of drug-likeness (QED) is 0.721. The molecule has 2 aromatic rings. The lowest BCUT2D eigenvalue weighted by Gasteiger charge is -2.10. The van der Waals surface area contributed by atoms with Crippen molar-refractivity contribution in [2.24, 2.45) is 0 Å². The number of hydrogen-bond donors (Lipinski definition) is 1. The summed E-state index contributed by atoms with van der Waals surface area (Å²) in [5, 5.41) is 1.33. The molecule has 0 bridgehead atoms. The highest BCUT2D eigenvalue weighted by Gasteiger charge is 2.16. The second-order valence-corrected chi connectivity index (χ2v) is 4.99. The first-order valence-electron chi connectivity index (χ1n) is 5.89. The summed E-state index contributed by atoms with van der Waals surface area (Å²) < 4.78 is 0. The summed E-state index contributed by atoms with van der Waals surface area (Å²) in [5.74, 6) is 0.538. The largest absolute Gasteiger partial charge is 0.343 e. The summed E-state index contributed by atoms with van der Waals surface area (Å²) in [5.41, 5.74) is 7.53. The van der Waals surface area contributed by atoms with Crippen LogP contribution in [-0.4, -0.2) is 17.8 Å². The van der Waals surface area contributed by atoms with Crippen molar-refractivity contribution in [2.75, 3.05) is 0 Å². The third-order valence-corrected chi connectivity index (χ3v) is 3.55. The van der Waals surface area contributed by atoms with Crippen molar-refractivity contribution in [1.82, 2.24) is 9.97 Å². The van der Waals surface area contributed by atoms with Gasteiger partial charge in [-0.3, -0.25) is 0 Å². The predicted octanol–water partition coefficient (Wildman–Crippen LogP) is 1.87. The van der Waals surface area contributed by atoms with Crippen LogP contribution < -0.4 is 5.46 Å². The molecule has 0 spiro atoms. The Balaban J connectivity index is 2.93. The third kappa shape index (κ3) is 1.46. The molecule has 0 amide bonds. The fourth-order valence-electron chi connectivity index (χ4n) is 2.52. The van der Waals surface area contributed by atoms with Crippen LogP contribution in [0.25, 0.3) is 11.0 Å². The number of nitrogens with zero attached hydrogens (tertiary/aromatic N) is 1. The van der Waals surface area contributed by atoms with Gasteiger partial charge in [0.1, 0.15) is 13.5 Å². The molecule has 3 heteroatoms. The Morgan fingerprint density at radius 1 is 1.19 bits per heavy atom. The maximum absolute atomic E-state index is 4.64. The molecule has 0 aliphatic rings. The molecule has 0 aliphatic heterocycles. The van der Waals surface area contributed by atoms with Gasteiger partial charge in [-0.25, -0.2) is 4.98 Å². The van der Waals surface area contributed by atoms with Crippen molar-refractivity contribution in [3.05, 3.63) is 22.5 Å². The van der Waals surface area contributed by atoms with E-state index in [1.165, 1.54) is 27.7 Å². The molecule has 0 radical (unpaired) electrons. The number of aromatic nitrogens is 2. The van der Waals surface area contributed by atoms with Gasteiger partial charge >= 0.3 is 0 Å². The first-order valence-corrected chi connectivity index (χ1v) is 5.89. The zero-order valence-corrected chi connectivity index (χ0v) is 11.0. The SMILES string of the molecule is Bc1c(C)nc2[nH]c(C)c(C(C)C)c2c1C. The number of pyridine rings is 1. The molecule has 0 fully saturated rings. The molecule has 0 saturated heterocycles. The van der Waals surface area contributed by atoms with Gasteiger partial charge in [0.05, 0.1) is 0 Å². The lowest BCUT2D eigenvalue weighted by molar-refractivity contribution is 0.863. The van der Waals surface area contributed by atoms with Crippen LogP contribution in [0.15, 0.2) is 0 Å². The van der Waals surface area contributed by atoms with E-state index in [0.29, 0.717) is 5.92 Å². The number of fused-ring (bicyclic) bond motifs is 1. The minimum atomic E-state index is 0.538. The summed E-state index contributed by atoms with van der Waals surface area (Å²) in [6.45, 7) is 10.9. The number of aromatic amines is 1. The maximum atomic E-state index is 4.64. The minimum absolute atomic E-state index is 0.538. The van der Waals surface area contributed by atoms with Crippen molar-refractivity contribution in [3.63, 3.8) is 0 Å². The lowest BCUT2D eigenvalue weighted by Crippen LogP contribution is -2.14. The third-order valence-electron chi connectivity index (χ3n) is 3.55. The van der Waals surface area contributed by atoms with Crippen molar-refractivity contribution in [1.29, 1.82) is 0 Å². The Kier molecular flexibility index (Phi) is 2.57. The standard InChI is InChI=1S/C13H19BN2/c1-6(2)10-8(4)15-13-11(10)7(3)12(14)9(5)16-13/h6H,14H2,1-5H3,(H,15,16). The van der Waals surface area contributed by atoms with Crippen molar-refractivity contribution in [2.45, 2.75) is 40.5 Å². The molecule has 0 aromatic carbocycles. The molecule has 2 heterocycles. The van der Waals surface area contributed by atoms with E-state index in [1.54, 1.807) is 0 Å². The van der Waals surface area contributed by atoms with Crippen molar-refractivity contribution < 1.29 is 0 Å². The van der Waals surface area contributed by atoms with Crippen LogP contribution in [0, 0.1) is 20.8 Å². The van der Waals surface area contributed by atoms with Crippen LogP contribution in [0.5, 0.6) is 0 Å². The van der Waals surface area contributed by atoms with E-state index in [4.69, 9.17) is 0 Å². The average molecular weight is 214 g/mol. The van der Waals surface area contributed by atoms with Gasteiger partial charge in [0.2, 0.25) is 0 Å². The molecule has 2 rings (SSSR count). The van der Waals surface area contributed by atoms with Gasteiger partial charge in [-0.2, -0.15) is 0 Å². The molecule has 84 valence electrons. The highest BCUT2D eigenvalue weighted by Crippen LogP contribution is 2.29. The zero-order chi connectivity index (χ0) is 12.0. The molecule has 2 aromatic heterocycles. The van der Waals surface area contributed by atoms with Gasteiger partial charge in [-0.1, -0.05) is 19.3 Å². The van der Waals surface area contributed by atoms with Gasteiger partial charge in [-0.05, 0) is 37.8 Å². The van der Waals surface area contributed by atoms with E-state index in [-0.39, 0.29) is 0 Å². The topological polar surface area (TPSA) is 28.7 Å². The van der Waals surface area contributed by atoms with Crippen LogP contribution in [0.3, 0.4) is 0 Å². The average Bonchev–Trinajstić information content (AvgIpc) is 2.51. The van der Waals surface area contributed by atoms with E-state index < -0.39 is 0 Å².